The molecule has 0 bridgehead atoms. The Kier molecular flexibility index (Phi) is 4.04. The molecule has 102 valence electrons. The normalized spacial score (nSPS) is 12.5. The molecule has 2 aromatic rings. The Labute approximate surface area is 112 Å². The highest BCUT2D eigenvalue weighted by Gasteiger charge is 2.17. The molecule has 1 aromatic carbocycles. The van der Waals surface area contributed by atoms with Gasteiger partial charge in [-0.05, 0) is 25.0 Å². The van der Waals surface area contributed by atoms with Gasteiger partial charge in [-0.2, -0.15) is 0 Å². The molecule has 0 atom stereocenters. The smallest absolute Gasteiger partial charge is 0.146 e. The first-order valence-corrected chi connectivity index (χ1v) is 6.63. The number of oxime groups is 1. The molecule has 19 heavy (non-hydrogen) atoms. The zero-order valence-electron chi connectivity index (χ0n) is 11.4. The van der Waals surface area contributed by atoms with Crippen molar-refractivity contribution in [1.29, 1.82) is 0 Å². The second-order valence-electron chi connectivity index (χ2n) is 4.63. The maximum atomic E-state index is 8.74. The molecule has 1 heterocycles. The van der Waals surface area contributed by atoms with Gasteiger partial charge in [0, 0.05) is 6.04 Å². The summed E-state index contributed by atoms with van der Waals surface area (Å²) in [5.74, 6) is 1.03. The third-order valence-electron chi connectivity index (χ3n) is 3.44. The van der Waals surface area contributed by atoms with Crippen LogP contribution in [0.15, 0.2) is 29.4 Å². The molecule has 0 radical (unpaired) electrons. The monoisotopic (exact) mass is 260 g/mol. The molecule has 0 fully saturated rings. The highest BCUT2D eigenvalue weighted by molar-refractivity contribution is 5.83. The third-order valence-corrected chi connectivity index (χ3v) is 3.44. The van der Waals surface area contributed by atoms with E-state index >= 15 is 0 Å². The number of para-hydroxylation sites is 2. The van der Waals surface area contributed by atoms with Crippen molar-refractivity contribution in [3.63, 3.8) is 0 Å². The number of nitrogens with zero attached hydrogens (tertiary/aromatic N) is 3. The van der Waals surface area contributed by atoms with Crippen LogP contribution in [0.1, 0.15) is 38.6 Å². The lowest BCUT2D eigenvalue weighted by Crippen LogP contribution is -2.20. The van der Waals surface area contributed by atoms with Crippen LogP contribution < -0.4 is 5.73 Å². The predicted molar refractivity (Wildman–Crippen MR) is 76.5 cm³/mol. The summed E-state index contributed by atoms with van der Waals surface area (Å²) in [6.45, 7) is 4.33. The zero-order chi connectivity index (χ0) is 13.8. The van der Waals surface area contributed by atoms with Gasteiger partial charge >= 0.3 is 0 Å². The topological polar surface area (TPSA) is 76.4 Å². The van der Waals surface area contributed by atoms with Gasteiger partial charge in [-0.15, -0.1) is 0 Å². The molecule has 1 aromatic heterocycles. The first kappa shape index (κ1) is 13.4. The van der Waals surface area contributed by atoms with Crippen LogP contribution in [0.3, 0.4) is 0 Å². The van der Waals surface area contributed by atoms with Gasteiger partial charge in [0.25, 0.3) is 0 Å². The summed E-state index contributed by atoms with van der Waals surface area (Å²) >= 11 is 0. The second-order valence-corrected chi connectivity index (χ2v) is 4.63. The largest absolute Gasteiger partial charge is 0.409 e. The molecule has 0 saturated heterocycles. The molecule has 0 amide bonds. The fraction of sp³-hybridized carbons (Fsp3) is 0.429. The van der Waals surface area contributed by atoms with E-state index in [1.54, 1.807) is 0 Å². The van der Waals surface area contributed by atoms with Crippen LogP contribution in [0.2, 0.25) is 0 Å². The van der Waals surface area contributed by atoms with Gasteiger partial charge in [-0.25, -0.2) is 4.98 Å². The van der Waals surface area contributed by atoms with Crippen LogP contribution in [-0.4, -0.2) is 20.6 Å². The van der Waals surface area contributed by atoms with E-state index in [0.29, 0.717) is 12.5 Å². The van der Waals surface area contributed by atoms with Gasteiger partial charge in [0.05, 0.1) is 17.5 Å². The average Bonchev–Trinajstić information content (AvgIpc) is 2.79. The Hall–Kier alpha value is -2.04. The maximum Gasteiger partial charge on any atom is 0.146 e. The molecule has 2 rings (SSSR count). The lowest BCUT2D eigenvalue weighted by atomic mass is 10.1. The number of hydrogen-bond acceptors (Lipinski definition) is 3. The van der Waals surface area contributed by atoms with Crippen molar-refractivity contribution in [3.8, 4) is 0 Å². The molecule has 0 aliphatic carbocycles. The summed E-state index contributed by atoms with van der Waals surface area (Å²) in [5, 5.41) is 11.8. The van der Waals surface area contributed by atoms with Crippen LogP contribution >= 0.6 is 0 Å². The minimum Gasteiger partial charge on any atom is -0.409 e. The second kappa shape index (κ2) is 5.73. The number of rotatable bonds is 5. The van der Waals surface area contributed by atoms with Crippen LogP contribution in [0.25, 0.3) is 11.0 Å². The van der Waals surface area contributed by atoms with E-state index in [1.807, 2.05) is 18.2 Å². The number of amidine groups is 1. The zero-order valence-corrected chi connectivity index (χ0v) is 11.4. The number of benzene rings is 1. The molecule has 3 N–H and O–H groups in total. The van der Waals surface area contributed by atoms with Gasteiger partial charge in [-0.1, -0.05) is 31.1 Å². The highest BCUT2D eigenvalue weighted by Crippen LogP contribution is 2.25. The minimum atomic E-state index is 0.183. The summed E-state index contributed by atoms with van der Waals surface area (Å²) in [6, 6.07) is 8.42. The highest BCUT2D eigenvalue weighted by atomic mass is 16.4. The predicted octanol–water partition coefficient (Wildman–Crippen LogP) is 2.69. The van der Waals surface area contributed by atoms with Crippen molar-refractivity contribution in [2.24, 2.45) is 10.9 Å². The fourth-order valence-corrected chi connectivity index (χ4v) is 2.48. The Balaban J connectivity index is 2.57. The molecule has 0 aliphatic heterocycles. The molecule has 5 heteroatoms. The number of nitrogens with two attached hydrogens (primary N) is 1. The molecule has 0 aliphatic rings. The molecular weight excluding hydrogens is 240 g/mol. The van der Waals surface area contributed by atoms with Gasteiger partial charge in [0.1, 0.15) is 11.7 Å². The van der Waals surface area contributed by atoms with E-state index < -0.39 is 0 Å². The first-order valence-electron chi connectivity index (χ1n) is 6.63. The third kappa shape index (κ3) is 2.54. The van der Waals surface area contributed by atoms with E-state index in [-0.39, 0.29) is 5.84 Å². The molecule has 0 unspecified atom stereocenters. The average molecular weight is 260 g/mol. The maximum absolute atomic E-state index is 8.74. The first-order chi connectivity index (χ1) is 9.21. The summed E-state index contributed by atoms with van der Waals surface area (Å²) in [6.07, 6.45) is 2.42. The SMILES string of the molecule is CCC(CC)n1c(CC(N)=NO)nc2ccccc21. The molecule has 0 saturated carbocycles. The van der Waals surface area contributed by atoms with Crippen molar-refractivity contribution in [2.75, 3.05) is 0 Å². The van der Waals surface area contributed by atoms with Crippen LogP contribution in [0.5, 0.6) is 0 Å². The lowest BCUT2D eigenvalue weighted by Gasteiger charge is -2.18. The van der Waals surface area contributed by atoms with Crippen LogP contribution in [0, 0.1) is 0 Å². The van der Waals surface area contributed by atoms with Crippen molar-refractivity contribution < 1.29 is 5.21 Å². The Morgan fingerprint density at radius 3 is 2.68 bits per heavy atom. The van der Waals surface area contributed by atoms with Crippen LogP contribution in [-0.2, 0) is 6.42 Å². The summed E-state index contributed by atoms with van der Waals surface area (Å²) in [5.41, 5.74) is 7.69. The quantitative estimate of drug-likeness (QED) is 0.375. The number of imidazole rings is 1. The molecular formula is C14H20N4O. The number of hydrogen-bond donors (Lipinski definition) is 2. The Morgan fingerprint density at radius 2 is 2.05 bits per heavy atom. The number of aromatic nitrogens is 2. The number of fused-ring (bicyclic) bond motifs is 1. The van der Waals surface area contributed by atoms with E-state index in [0.717, 1.165) is 29.7 Å². The van der Waals surface area contributed by atoms with Gasteiger partial charge in [0.2, 0.25) is 0 Å². The van der Waals surface area contributed by atoms with Crippen LogP contribution in [0.4, 0.5) is 0 Å². The van der Waals surface area contributed by atoms with Crippen molar-refractivity contribution in [3.05, 3.63) is 30.1 Å². The molecule has 5 nitrogen and oxygen atoms in total. The van der Waals surface area contributed by atoms with Crippen molar-refractivity contribution in [1.82, 2.24) is 9.55 Å². The van der Waals surface area contributed by atoms with Crippen molar-refractivity contribution >= 4 is 16.9 Å². The van der Waals surface area contributed by atoms with E-state index in [4.69, 9.17) is 10.9 Å². The van der Waals surface area contributed by atoms with Gasteiger partial charge < -0.3 is 15.5 Å². The van der Waals surface area contributed by atoms with Gasteiger partial charge in [-0.3, -0.25) is 0 Å². The molecule has 0 spiro atoms. The summed E-state index contributed by atoms with van der Waals surface area (Å²) in [4.78, 5) is 4.61. The van der Waals surface area contributed by atoms with E-state index in [9.17, 15) is 0 Å². The fourth-order valence-electron chi connectivity index (χ4n) is 2.48. The summed E-state index contributed by atoms with van der Waals surface area (Å²) < 4.78 is 2.22. The minimum absolute atomic E-state index is 0.183. The summed E-state index contributed by atoms with van der Waals surface area (Å²) in [7, 11) is 0. The lowest BCUT2D eigenvalue weighted by molar-refractivity contribution is 0.317. The standard InChI is InChI=1S/C14H20N4O/c1-3-10(4-2)18-12-8-6-5-7-11(12)16-14(18)9-13(15)17-19/h5-8,10,19H,3-4,9H2,1-2H3,(H2,15,17). The van der Waals surface area contributed by atoms with E-state index in [2.05, 4.69) is 34.6 Å². The Bertz CT molecular complexity index is 584. The Morgan fingerprint density at radius 1 is 1.37 bits per heavy atom. The van der Waals surface area contributed by atoms with E-state index in [1.165, 1.54) is 0 Å². The van der Waals surface area contributed by atoms with Gasteiger partial charge in [0.15, 0.2) is 0 Å². The van der Waals surface area contributed by atoms with Crippen molar-refractivity contribution in [2.45, 2.75) is 39.2 Å².